The molecule has 0 aliphatic carbocycles. The van der Waals surface area contributed by atoms with Crippen LogP contribution >= 0.6 is 11.8 Å². The molecule has 1 atom stereocenters. The van der Waals surface area contributed by atoms with Crippen LogP contribution in [0.1, 0.15) is 5.56 Å². The maximum absolute atomic E-state index is 12.1. The molecule has 0 radical (unpaired) electrons. The fraction of sp³-hybridized carbons (Fsp3) is 0.214. The van der Waals surface area contributed by atoms with Gasteiger partial charge in [-0.2, -0.15) is 0 Å². The highest BCUT2D eigenvalue weighted by molar-refractivity contribution is 8.01. The number of thioether (sulfide) groups is 1. The molecule has 1 aliphatic heterocycles. The van der Waals surface area contributed by atoms with Crippen LogP contribution in [-0.4, -0.2) is 39.5 Å². The normalized spacial score (nSPS) is 16.0. The van der Waals surface area contributed by atoms with Crippen LogP contribution in [0.5, 0.6) is 5.88 Å². The molecule has 0 aromatic carbocycles. The zero-order valence-electron chi connectivity index (χ0n) is 11.7. The molecule has 3 heterocycles. The quantitative estimate of drug-likeness (QED) is 0.795. The van der Waals surface area contributed by atoms with Crippen molar-refractivity contribution in [1.29, 1.82) is 0 Å². The molecule has 0 N–H and O–H groups in total. The van der Waals surface area contributed by atoms with Crippen LogP contribution in [0.4, 0.5) is 5.82 Å². The zero-order chi connectivity index (χ0) is 15.4. The Balaban J connectivity index is 1.61. The van der Waals surface area contributed by atoms with Gasteiger partial charge in [-0.05, 0) is 11.6 Å². The average Bonchev–Trinajstić information content (AvgIpc) is 2.59. The minimum Gasteiger partial charge on any atom is -0.481 e. The molecule has 8 heteroatoms. The third kappa shape index (κ3) is 3.22. The summed E-state index contributed by atoms with van der Waals surface area (Å²) in [6, 6.07) is 3.49. The summed E-state index contributed by atoms with van der Waals surface area (Å²) in [6.07, 6.45) is 6.20. The molecule has 2 aromatic rings. The largest absolute Gasteiger partial charge is 0.481 e. The summed E-state index contributed by atoms with van der Waals surface area (Å²) >= 11 is 1.32. The van der Waals surface area contributed by atoms with Gasteiger partial charge in [0.1, 0.15) is 18.2 Å². The Hall–Kier alpha value is -2.48. The Morgan fingerprint density at radius 1 is 1.41 bits per heavy atom. The molecule has 7 nitrogen and oxygen atoms in total. The first-order valence-corrected chi connectivity index (χ1v) is 7.30. The zero-order valence-corrected chi connectivity index (χ0v) is 12.5. The van der Waals surface area contributed by atoms with E-state index in [1.54, 1.807) is 24.5 Å². The maximum Gasteiger partial charge on any atom is 0.325 e. The fourth-order valence-electron chi connectivity index (χ4n) is 1.79. The Morgan fingerprint density at radius 2 is 2.32 bits per heavy atom. The summed E-state index contributed by atoms with van der Waals surface area (Å²) in [5, 5.41) is -0.498. The molecular formula is C14H12N4O3S. The van der Waals surface area contributed by atoms with Crippen molar-refractivity contribution in [2.75, 3.05) is 7.11 Å². The van der Waals surface area contributed by atoms with Crippen molar-refractivity contribution in [2.24, 2.45) is 4.99 Å². The predicted octanol–water partition coefficient (Wildman–Crippen LogP) is 1.80. The number of aromatic nitrogens is 3. The highest BCUT2D eigenvalue weighted by Crippen LogP contribution is 2.33. The number of carbonyl (C=O) groups excluding carboxylic acids is 1. The average molecular weight is 316 g/mol. The predicted molar refractivity (Wildman–Crippen MR) is 80.4 cm³/mol. The summed E-state index contributed by atoms with van der Waals surface area (Å²) in [5.41, 5.74) is 0.807. The number of aliphatic imine (C=N–C) groups is 1. The molecule has 0 bridgehead atoms. The summed E-state index contributed by atoms with van der Waals surface area (Å²) < 4.78 is 10.3. The monoisotopic (exact) mass is 316 g/mol. The van der Waals surface area contributed by atoms with E-state index in [1.807, 2.05) is 0 Å². The smallest absolute Gasteiger partial charge is 0.325 e. The second kappa shape index (κ2) is 6.52. The molecule has 0 spiro atoms. The second-order valence-electron chi connectivity index (χ2n) is 4.34. The first kappa shape index (κ1) is 14.5. The number of hydrogen-bond donors (Lipinski definition) is 0. The number of hydrogen-bond acceptors (Lipinski definition) is 8. The van der Waals surface area contributed by atoms with E-state index in [4.69, 9.17) is 9.47 Å². The molecule has 1 aliphatic rings. The Morgan fingerprint density at radius 3 is 3.18 bits per heavy atom. The van der Waals surface area contributed by atoms with E-state index < -0.39 is 5.25 Å². The van der Waals surface area contributed by atoms with Crippen LogP contribution in [0, 0.1) is 0 Å². The van der Waals surface area contributed by atoms with Gasteiger partial charge in [-0.3, -0.25) is 4.79 Å². The highest BCUT2D eigenvalue weighted by atomic mass is 32.2. The van der Waals surface area contributed by atoms with Gasteiger partial charge >= 0.3 is 5.97 Å². The van der Waals surface area contributed by atoms with Gasteiger partial charge in [0.15, 0.2) is 5.82 Å². The number of esters is 1. The van der Waals surface area contributed by atoms with E-state index in [9.17, 15) is 4.79 Å². The van der Waals surface area contributed by atoms with Crippen molar-refractivity contribution in [3.63, 3.8) is 0 Å². The van der Waals surface area contributed by atoms with Gasteiger partial charge in [0, 0.05) is 24.7 Å². The summed E-state index contributed by atoms with van der Waals surface area (Å²) in [4.78, 5) is 29.0. The van der Waals surface area contributed by atoms with Crippen molar-refractivity contribution in [3.05, 3.63) is 36.4 Å². The van der Waals surface area contributed by atoms with Crippen LogP contribution in [0.15, 0.2) is 40.7 Å². The van der Waals surface area contributed by atoms with E-state index in [0.29, 0.717) is 11.7 Å². The molecule has 22 heavy (non-hydrogen) atoms. The number of pyridine rings is 1. The molecule has 112 valence electrons. The lowest BCUT2D eigenvalue weighted by molar-refractivity contribution is -0.142. The number of nitrogens with zero attached hydrogens (tertiary/aromatic N) is 4. The van der Waals surface area contributed by atoms with Crippen molar-refractivity contribution >= 4 is 29.8 Å². The van der Waals surface area contributed by atoms with E-state index in [1.165, 1.54) is 31.4 Å². The van der Waals surface area contributed by atoms with E-state index in [0.717, 1.165) is 10.5 Å². The number of rotatable bonds is 4. The number of ether oxygens (including phenoxy) is 2. The minimum absolute atomic E-state index is 0.154. The molecule has 0 fully saturated rings. The fourth-order valence-corrected chi connectivity index (χ4v) is 2.69. The standard InChI is InChI=1S/C14H12N4O3S/c1-20-12-4-9(2-3-16-12)7-21-14(19)11-6-17-13-10(22-11)5-15-8-18-13/h2-6,8,11H,7H2,1H3. The van der Waals surface area contributed by atoms with Crippen LogP contribution < -0.4 is 4.74 Å². The summed E-state index contributed by atoms with van der Waals surface area (Å²) in [6.45, 7) is 0.154. The second-order valence-corrected chi connectivity index (χ2v) is 5.52. The van der Waals surface area contributed by atoms with Crippen molar-refractivity contribution in [2.45, 2.75) is 16.8 Å². The maximum atomic E-state index is 12.1. The third-order valence-corrected chi connectivity index (χ3v) is 3.98. The lowest BCUT2D eigenvalue weighted by atomic mass is 10.3. The highest BCUT2D eigenvalue weighted by Gasteiger charge is 2.24. The van der Waals surface area contributed by atoms with E-state index in [-0.39, 0.29) is 12.6 Å². The van der Waals surface area contributed by atoms with Crippen molar-refractivity contribution in [3.8, 4) is 5.88 Å². The van der Waals surface area contributed by atoms with Crippen molar-refractivity contribution < 1.29 is 14.3 Å². The number of carbonyl (C=O) groups is 1. The molecule has 0 saturated carbocycles. The molecule has 0 amide bonds. The molecule has 1 unspecified atom stereocenters. The Kier molecular flexibility index (Phi) is 4.29. The number of methoxy groups -OCH3 is 1. The summed E-state index contributed by atoms with van der Waals surface area (Å²) in [7, 11) is 1.53. The topological polar surface area (TPSA) is 86.6 Å². The van der Waals surface area contributed by atoms with Gasteiger partial charge in [-0.1, -0.05) is 11.8 Å². The first-order chi connectivity index (χ1) is 10.8. The first-order valence-electron chi connectivity index (χ1n) is 6.42. The van der Waals surface area contributed by atoms with Gasteiger partial charge in [0.25, 0.3) is 0 Å². The lowest BCUT2D eigenvalue weighted by Gasteiger charge is -2.15. The van der Waals surface area contributed by atoms with Crippen LogP contribution in [0.3, 0.4) is 0 Å². The molecule has 2 aromatic heterocycles. The molecular weight excluding hydrogens is 304 g/mol. The van der Waals surface area contributed by atoms with Gasteiger partial charge < -0.3 is 9.47 Å². The van der Waals surface area contributed by atoms with Gasteiger partial charge in [-0.15, -0.1) is 0 Å². The van der Waals surface area contributed by atoms with E-state index in [2.05, 4.69) is 19.9 Å². The van der Waals surface area contributed by atoms with Gasteiger partial charge in [0.05, 0.1) is 12.0 Å². The Bertz CT molecular complexity index is 723. The third-order valence-electron chi connectivity index (χ3n) is 2.87. The van der Waals surface area contributed by atoms with Crippen molar-refractivity contribution in [1.82, 2.24) is 15.0 Å². The number of fused-ring (bicyclic) bond motifs is 1. The lowest BCUT2D eigenvalue weighted by Crippen LogP contribution is -2.23. The van der Waals surface area contributed by atoms with Gasteiger partial charge in [-0.25, -0.2) is 19.9 Å². The Labute approximate surface area is 130 Å². The molecule has 3 rings (SSSR count). The summed E-state index contributed by atoms with van der Waals surface area (Å²) in [5.74, 6) is 0.690. The van der Waals surface area contributed by atoms with Crippen LogP contribution in [0.2, 0.25) is 0 Å². The van der Waals surface area contributed by atoms with Crippen LogP contribution in [-0.2, 0) is 16.1 Å². The van der Waals surface area contributed by atoms with E-state index >= 15 is 0 Å². The SMILES string of the molecule is COc1cc(COC(=O)C2C=Nc3ncncc3S2)ccn1. The van der Waals surface area contributed by atoms with Gasteiger partial charge in [0.2, 0.25) is 5.88 Å². The van der Waals surface area contributed by atoms with Crippen LogP contribution in [0.25, 0.3) is 0 Å². The minimum atomic E-state index is -0.498. The molecule has 0 saturated heterocycles.